The van der Waals surface area contributed by atoms with E-state index in [1.807, 2.05) is 0 Å². The van der Waals surface area contributed by atoms with Gasteiger partial charge in [0.15, 0.2) is 9.79 Å². The molecule has 0 aliphatic carbocycles. The molecule has 24 heavy (non-hydrogen) atoms. The van der Waals surface area contributed by atoms with Gasteiger partial charge in [-0.2, -0.15) is 0 Å². The zero-order chi connectivity index (χ0) is 17.9. The molecular weight excluding hydrogens is 314 g/mol. The maximum absolute atomic E-state index is 13.3. The van der Waals surface area contributed by atoms with E-state index in [2.05, 4.69) is 89.9 Å². The SMILES string of the molecule is CN1c2ccc(C(C)(C)C)cc2[S+]([O-])c2cc(C(C)(C)C)ccc21. The Morgan fingerprint density at radius 1 is 0.750 bits per heavy atom. The van der Waals surface area contributed by atoms with Gasteiger partial charge >= 0.3 is 0 Å². The average molecular weight is 342 g/mol. The molecule has 0 spiro atoms. The zero-order valence-corrected chi connectivity index (χ0v) is 16.5. The van der Waals surface area contributed by atoms with Gasteiger partial charge in [-0.3, -0.25) is 0 Å². The van der Waals surface area contributed by atoms with Gasteiger partial charge in [-0.25, -0.2) is 0 Å². The van der Waals surface area contributed by atoms with Crippen molar-refractivity contribution >= 4 is 22.6 Å². The Morgan fingerprint density at radius 2 is 1.12 bits per heavy atom. The van der Waals surface area contributed by atoms with Crippen LogP contribution in [0.1, 0.15) is 52.7 Å². The van der Waals surface area contributed by atoms with Crippen molar-refractivity contribution in [2.24, 2.45) is 0 Å². The molecule has 2 aromatic rings. The van der Waals surface area contributed by atoms with Gasteiger partial charge in [0.1, 0.15) is 0 Å². The monoisotopic (exact) mass is 341 g/mol. The second kappa shape index (κ2) is 5.53. The van der Waals surface area contributed by atoms with Crippen LogP contribution >= 0.6 is 0 Å². The van der Waals surface area contributed by atoms with E-state index in [0.29, 0.717) is 0 Å². The van der Waals surface area contributed by atoms with E-state index in [-0.39, 0.29) is 10.8 Å². The summed E-state index contributed by atoms with van der Waals surface area (Å²) in [5, 5.41) is 0. The van der Waals surface area contributed by atoms with E-state index in [0.717, 1.165) is 21.2 Å². The summed E-state index contributed by atoms with van der Waals surface area (Å²) in [4.78, 5) is 4.00. The molecule has 0 unspecified atom stereocenters. The summed E-state index contributed by atoms with van der Waals surface area (Å²) < 4.78 is 13.3. The minimum atomic E-state index is -1.14. The standard InChI is InChI=1S/C21H27NOS/c1-20(2,3)14-8-10-16-18(12-14)24(23)19-13-15(21(4,5)6)9-11-17(19)22(16)7/h8-13H,1-7H3. The summed E-state index contributed by atoms with van der Waals surface area (Å²) in [7, 11) is 2.06. The van der Waals surface area contributed by atoms with Gasteiger partial charge in [-0.05, 0) is 46.2 Å². The van der Waals surface area contributed by atoms with Gasteiger partial charge in [-0.15, -0.1) is 0 Å². The largest absolute Gasteiger partial charge is 0.606 e. The number of nitrogens with zero attached hydrogens (tertiary/aromatic N) is 1. The van der Waals surface area contributed by atoms with Crippen molar-refractivity contribution in [3.63, 3.8) is 0 Å². The Bertz CT molecular complexity index is 718. The first-order valence-electron chi connectivity index (χ1n) is 8.45. The molecule has 0 atom stereocenters. The third-order valence-corrected chi connectivity index (χ3v) is 6.23. The molecule has 2 nitrogen and oxygen atoms in total. The number of anilines is 2. The average Bonchev–Trinajstić information content (AvgIpc) is 2.49. The zero-order valence-electron chi connectivity index (χ0n) is 15.7. The quantitative estimate of drug-likeness (QED) is 0.589. The molecule has 3 heteroatoms. The lowest BCUT2D eigenvalue weighted by atomic mass is 9.86. The lowest BCUT2D eigenvalue weighted by molar-refractivity contribution is 0.578. The maximum Gasteiger partial charge on any atom is 0.182 e. The van der Waals surface area contributed by atoms with Crippen LogP contribution in [-0.2, 0) is 22.0 Å². The summed E-state index contributed by atoms with van der Waals surface area (Å²) in [6.45, 7) is 13.1. The van der Waals surface area contributed by atoms with Gasteiger partial charge in [-0.1, -0.05) is 53.7 Å². The van der Waals surface area contributed by atoms with E-state index in [9.17, 15) is 4.55 Å². The first-order valence-corrected chi connectivity index (χ1v) is 9.60. The van der Waals surface area contributed by atoms with Crippen LogP contribution in [0.2, 0.25) is 0 Å². The summed E-state index contributed by atoms with van der Waals surface area (Å²) >= 11 is -1.14. The molecule has 3 rings (SSSR count). The number of benzene rings is 2. The van der Waals surface area contributed by atoms with Crippen LogP contribution in [0.5, 0.6) is 0 Å². The van der Waals surface area contributed by atoms with E-state index in [4.69, 9.17) is 0 Å². The second-order valence-electron chi connectivity index (χ2n) is 8.69. The normalized spacial score (nSPS) is 15.2. The highest BCUT2D eigenvalue weighted by molar-refractivity contribution is 7.92. The molecule has 2 aromatic carbocycles. The van der Waals surface area contributed by atoms with Crippen molar-refractivity contribution < 1.29 is 4.55 Å². The molecule has 0 amide bonds. The molecule has 0 bridgehead atoms. The van der Waals surface area contributed by atoms with Gasteiger partial charge in [0, 0.05) is 18.2 Å². The van der Waals surface area contributed by atoms with Crippen molar-refractivity contribution in [3.8, 4) is 0 Å². The van der Waals surface area contributed by atoms with Crippen LogP contribution in [0, 0.1) is 0 Å². The van der Waals surface area contributed by atoms with Crippen molar-refractivity contribution in [3.05, 3.63) is 47.5 Å². The van der Waals surface area contributed by atoms with Crippen LogP contribution < -0.4 is 4.90 Å². The molecule has 0 radical (unpaired) electrons. The van der Waals surface area contributed by atoms with Crippen LogP contribution in [-0.4, -0.2) is 11.6 Å². The molecule has 128 valence electrons. The third-order valence-electron chi connectivity index (χ3n) is 4.77. The fourth-order valence-corrected chi connectivity index (χ4v) is 4.56. The Balaban J connectivity index is 2.16. The van der Waals surface area contributed by atoms with Crippen LogP contribution in [0.25, 0.3) is 0 Å². The van der Waals surface area contributed by atoms with Crippen LogP contribution in [0.3, 0.4) is 0 Å². The molecule has 0 fully saturated rings. The van der Waals surface area contributed by atoms with Crippen LogP contribution in [0.4, 0.5) is 11.4 Å². The highest BCUT2D eigenvalue weighted by atomic mass is 32.2. The summed E-state index contributed by atoms with van der Waals surface area (Å²) in [5.41, 5.74) is 4.61. The van der Waals surface area contributed by atoms with Crippen molar-refractivity contribution in [1.82, 2.24) is 0 Å². The number of fused-ring (bicyclic) bond motifs is 2. The van der Waals surface area contributed by atoms with Gasteiger partial charge in [0.05, 0.1) is 11.4 Å². The third kappa shape index (κ3) is 2.84. The molecule has 1 aliphatic heterocycles. The molecule has 0 aromatic heterocycles. The minimum absolute atomic E-state index is 0.0470. The first kappa shape index (κ1) is 17.4. The van der Waals surface area contributed by atoms with E-state index in [1.165, 1.54) is 11.1 Å². The van der Waals surface area contributed by atoms with Crippen molar-refractivity contribution in [2.75, 3.05) is 11.9 Å². The van der Waals surface area contributed by atoms with E-state index >= 15 is 0 Å². The summed E-state index contributed by atoms with van der Waals surface area (Å²) in [5.74, 6) is 0. The lowest BCUT2D eigenvalue weighted by Gasteiger charge is -2.32. The van der Waals surface area contributed by atoms with E-state index < -0.39 is 11.2 Å². The molecule has 1 aliphatic rings. The highest BCUT2D eigenvalue weighted by Gasteiger charge is 2.34. The topological polar surface area (TPSA) is 26.3 Å². The fourth-order valence-electron chi connectivity index (χ4n) is 3.06. The highest BCUT2D eigenvalue weighted by Crippen LogP contribution is 2.45. The Kier molecular flexibility index (Phi) is 4.01. The lowest BCUT2D eigenvalue weighted by Crippen LogP contribution is -2.24. The fraction of sp³-hybridized carbons (Fsp3) is 0.429. The van der Waals surface area contributed by atoms with Crippen molar-refractivity contribution in [2.45, 2.75) is 62.2 Å². The van der Waals surface area contributed by atoms with Crippen molar-refractivity contribution in [1.29, 1.82) is 0 Å². The number of hydrogen-bond donors (Lipinski definition) is 0. The Hall–Kier alpha value is -1.45. The Labute approximate surface area is 149 Å². The predicted molar refractivity (Wildman–Crippen MR) is 103 cm³/mol. The Morgan fingerprint density at radius 3 is 1.46 bits per heavy atom. The first-order chi connectivity index (χ1) is 11.0. The maximum atomic E-state index is 13.3. The van der Waals surface area contributed by atoms with Gasteiger partial charge in [0.2, 0.25) is 0 Å². The predicted octanol–water partition coefficient (Wildman–Crippen LogP) is 5.53. The van der Waals surface area contributed by atoms with Gasteiger partial charge in [0.25, 0.3) is 0 Å². The van der Waals surface area contributed by atoms with E-state index in [1.54, 1.807) is 0 Å². The summed E-state index contributed by atoms with van der Waals surface area (Å²) in [6, 6.07) is 12.8. The molecule has 1 heterocycles. The van der Waals surface area contributed by atoms with Crippen LogP contribution in [0.15, 0.2) is 46.2 Å². The number of rotatable bonds is 0. The molecule has 0 saturated carbocycles. The minimum Gasteiger partial charge on any atom is -0.606 e. The van der Waals surface area contributed by atoms with Gasteiger partial charge < -0.3 is 9.45 Å². The molecule has 0 saturated heterocycles. The molecule has 0 N–H and O–H groups in total. The number of hydrogen-bond acceptors (Lipinski definition) is 2. The summed E-state index contributed by atoms with van der Waals surface area (Å²) in [6.07, 6.45) is 0. The smallest absolute Gasteiger partial charge is 0.182 e. The molecular formula is C21H27NOS. The second-order valence-corrected chi connectivity index (χ2v) is 10.1.